The topological polar surface area (TPSA) is 23.8 Å². The summed E-state index contributed by atoms with van der Waals surface area (Å²) in [5, 5.41) is 44.6. The van der Waals surface area contributed by atoms with E-state index in [1.165, 1.54) is 268 Å². The molecule has 0 fully saturated rings. The van der Waals surface area contributed by atoms with Crippen LogP contribution in [0.2, 0.25) is 19.6 Å². The molecule has 2 heteroatoms. The molecule has 0 aromatic heterocycles. The van der Waals surface area contributed by atoms with Crippen LogP contribution in [0.25, 0.3) is 251 Å². The summed E-state index contributed by atoms with van der Waals surface area (Å²) in [5.41, 5.74) is 30.2. The van der Waals surface area contributed by atoms with E-state index < -0.39 is 8.07 Å². The minimum atomic E-state index is -1.40. The largest absolute Gasteiger partial charge is 0.192 e. The second kappa shape index (κ2) is 32.2. The van der Waals surface area contributed by atoms with Gasteiger partial charge in [0.1, 0.15) is 0 Å². The van der Waals surface area contributed by atoms with Crippen LogP contribution in [0.1, 0.15) is 55.9 Å². The van der Waals surface area contributed by atoms with Gasteiger partial charge in [-0.1, -0.05) is 447 Å². The van der Waals surface area contributed by atoms with Gasteiger partial charge < -0.3 is 0 Å². The highest BCUT2D eigenvalue weighted by Crippen LogP contribution is 2.55. The summed E-state index contributed by atoms with van der Waals surface area (Å²) in [5.74, 6) is 0.384. The maximum absolute atomic E-state index is 9.33. The molecule has 0 aliphatic heterocycles. The molecule has 0 bridgehead atoms. The van der Waals surface area contributed by atoms with Crippen molar-refractivity contribution in [2.24, 2.45) is 0 Å². The van der Waals surface area contributed by atoms with Gasteiger partial charge in [-0.25, -0.2) is 0 Å². The monoisotopic (exact) mass is 1750 g/mol. The summed E-state index contributed by atoms with van der Waals surface area (Å²) in [6.45, 7) is 16.6. The molecule has 1 aliphatic carbocycles. The summed E-state index contributed by atoms with van der Waals surface area (Å²) in [4.78, 5) is 0. The van der Waals surface area contributed by atoms with E-state index in [-0.39, 0.29) is 5.41 Å². The fourth-order valence-electron chi connectivity index (χ4n) is 23.1. The van der Waals surface area contributed by atoms with Crippen LogP contribution in [0, 0.1) is 11.3 Å². The Labute approximate surface area is 793 Å². The SMILES string of the molecule is CC(C)c1cc2c(-c3ccccc3)cc(-c3ccccc3)c3ccc4c(-c5ccc(C#N)cc5)ccc1c4c32.CC1(C)c2ccccc2-c2ccc(-c3ccc4ccc5c(-c6ccc([Si](C)(C)C)cc6)cc(-c6ccccc6)c6ccc3c4c56)cc21.c1ccc2c(-c3ccc4ccc5c(-c6cccc7ccccc67)cc(-c6ccc7c(ccc8ccccc87)c6)c6ccc3c4c65)cccc2c1. The maximum atomic E-state index is 9.33. The van der Waals surface area contributed by atoms with Gasteiger partial charge in [-0.3, -0.25) is 0 Å². The Morgan fingerprint density at radius 1 is 0.206 bits per heavy atom. The van der Waals surface area contributed by atoms with E-state index in [0.29, 0.717) is 11.5 Å². The molecule has 0 spiro atoms. The molecule has 136 heavy (non-hydrogen) atoms. The molecule has 0 saturated heterocycles. The van der Waals surface area contributed by atoms with Gasteiger partial charge in [0.2, 0.25) is 0 Å². The molecule has 0 N–H and O–H groups in total. The predicted molar refractivity (Wildman–Crippen MR) is 589 cm³/mol. The molecule has 0 unspecified atom stereocenters. The van der Waals surface area contributed by atoms with E-state index in [1.807, 2.05) is 12.1 Å². The molecule has 0 amide bonds. The Bertz CT molecular complexity index is 9340. The molecule has 1 nitrogen and oxygen atoms in total. The summed E-state index contributed by atoms with van der Waals surface area (Å²) >= 11 is 0. The number of hydrogen-bond donors (Lipinski definition) is 0. The summed E-state index contributed by atoms with van der Waals surface area (Å²) in [7, 11) is -1.40. The third-order valence-corrected chi connectivity index (χ3v) is 31.9. The molecule has 0 radical (unpaired) electrons. The number of rotatable bonds is 11. The van der Waals surface area contributed by atoms with Crippen LogP contribution in [0.3, 0.4) is 0 Å². The molecule has 27 rings (SSSR count). The van der Waals surface area contributed by atoms with Crippen molar-refractivity contribution in [3.63, 3.8) is 0 Å². The average Bonchev–Trinajstić information content (AvgIpc) is 0.795. The number of benzene rings is 26. The normalized spacial score (nSPS) is 12.5. The number of nitrogens with zero attached hydrogens (tertiary/aromatic N) is 1. The summed E-state index contributed by atoms with van der Waals surface area (Å²) in [6.07, 6.45) is 0. The van der Waals surface area contributed by atoms with E-state index >= 15 is 0 Å². The summed E-state index contributed by atoms with van der Waals surface area (Å²) in [6, 6.07) is 166. The minimum Gasteiger partial charge on any atom is -0.192 e. The Morgan fingerprint density at radius 3 is 1.10 bits per heavy atom. The average molecular weight is 1750 g/mol. The molecule has 640 valence electrons. The lowest BCUT2D eigenvalue weighted by atomic mass is 9.81. The second-order valence-corrected chi connectivity index (χ2v) is 44.3. The predicted octanol–water partition coefficient (Wildman–Crippen LogP) is 37.2. The van der Waals surface area contributed by atoms with Gasteiger partial charge in [0.25, 0.3) is 0 Å². The molecule has 0 atom stereocenters. The van der Waals surface area contributed by atoms with E-state index in [0.717, 1.165) is 5.56 Å². The zero-order chi connectivity index (χ0) is 91.3. The van der Waals surface area contributed by atoms with Gasteiger partial charge in [-0.2, -0.15) is 5.26 Å². The van der Waals surface area contributed by atoms with Crippen LogP contribution in [0.5, 0.6) is 0 Å². The smallest absolute Gasteiger partial charge is 0.0991 e. The first-order valence-corrected chi connectivity index (χ1v) is 51.3. The zero-order valence-corrected chi connectivity index (χ0v) is 78.2. The summed E-state index contributed by atoms with van der Waals surface area (Å²) < 4.78 is 0. The lowest BCUT2D eigenvalue weighted by Crippen LogP contribution is -2.37. The Morgan fingerprint density at radius 2 is 0.529 bits per heavy atom. The highest BCUT2D eigenvalue weighted by atomic mass is 28.3. The molecular weight excluding hydrogens is 1650 g/mol. The van der Waals surface area contributed by atoms with E-state index in [2.05, 4.69) is 484 Å². The van der Waals surface area contributed by atoms with Gasteiger partial charge in [0, 0.05) is 5.41 Å². The van der Waals surface area contributed by atoms with Crippen LogP contribution in [0.4, 0.5) is 0 Å². The standard InChI is InChI=1S/C50H30.C46H38Si.C38H27N/c1-5-15-38-31(9-1)12-7-17-41(38)43-25-21-34-22-26-46-48(42-18-8-13-32-10-2-6-16-39(32)42)30-47(45-28-27-44(43)49(34)50(45)46)36-23-24-40-35(29-36)20-19-33-11-3-4-14-37(33)40;1-46(2)42-14-10-9-13-35(42)36-23-19-32(27-43(36)46)34-22-17-31-18-24-38-41(30-15-20-33(21-16-30)47(3,4)5)28-40(29-11-7-6-8-12-29)39-26-25-37(34)44(31)45(38)39;1-24(2)33-21-36-35(27-11-7-4-8-12-27)22-34(26-9-5-3-6-10-26)32-20-19-30-29(17-18-31(33)37(30)38(32)36)28-15-13-25(23-39)14-16-28/h1-30H;6-28H,1-5H3;3-22,24H,1-2H3. The van der Waals surface area contributed by atoms with Crippen LogP contribution in [-0.4, -0.2) is 8.07 Å². The van der Waals surface area contributed by atoms with E-state index in [9.17, 15) is 5.26 Å². The zero-order valence-electron chi connectivity index (χ0n) is 77.2. The highest BCUT2D eigenvalue weighted by molar-refractivity contribution is 6.88. The van der Waals surface area contributed by atoms with E-state index in [4.69, 9.17) is 0 Å². The van der Waals surface area contributed by atoms with Crippen molar-refractivity contribution >= 4 is 153 Å². The lowest BCUT2D eigenvalue weighted by Gasteiger charge is -2.23. The van der Waals surface area contributed by atoms with Crippen molar-refractivity contribution in [3.8, 4) is 117 Å². The fraction of sp³-hybridized carbons (Fsp3) is 0.0672. The Hall–Kier alpha value is -16.4. The molecule has 0 saturated carbocycles. The van der Waals surface area contributed by atoms with Gasteiger partial charge in [-0.15, -0.1) is 0 Å². The van der Waals surface area contributed by atoms with Gasteiger partial charge in [0.05, 0.1) is 19.7 Å². The number of nitriles is 1. The second-order valence-electron chi connectivity index (χ2n) is 39.2. The Kier molecular flexibility index (Phi) is 19.3. The highest BCUT2D eigenvalue weighted by Gasteiger charge is 2.36. The lowest BCUT2D eigenvalue weighted by molar-refractivity contribution is 0.660. The molecule has 1 aliphatic rings. The molecule has 26 aromatic carbocycles. The Balaban J connectivity index is 0.000000110. The third kappa shape index (κ3) is 13.3. The first-order chi connectivity index (χ1) is 66.6. The van der Waals surface area contributed by atoms with Crippen molar-refractivity contribution in [2.75, 3.05) is 0 Å². The van der Waals surface area contributed by atoms with E-state index in [1.54, 1.807) is 0 Å². The quantitative estimate of drug-likeness (QED) is 0.0935. The molecule has 0 heterocycles. The van der Waals surface area contributed by atoms with Gasteiger partial charge in [-0.05, 0) is 322 Å². The maximum Gasteiger partial charge on any atom is 0.0991 e. The first-order valence-electron chi connectivity index (χ1n) is 47.8. The first kappa shape index (κ1) is 81.6. The van der Waals surface area contributed by atoms with Crippen LogP contribution < -0.4 is 5.19 Å². The van der Waals surface area contributed by atoms with Gasteiger partial charge >= 0.3 is 0 Å². The molecular formula is C134H95NSi. The third-order valence-electron chi connectivity index (χ3n) is 29.9. The molecule has 26 aromatic rings. The minimum absolute atomic E-state index is 0.0315. The van der Waals surface area contributed by atoms with Crippen LogP contribution in [0.15, 0.2) is 443 Å². The number of hydrogen-bond acceptors (Lipinski definition) is 1. The van der Waals surface area contributed by atoms with Gasteiger partial charge in [0.15, 0.2) is 0 Å². The van der Waals surface area contributed by atoms with Crippen LogP contribution >= 0.6 is 0 Å². The van der Waals surface area contributed by atoms with Crippen molar-refractivity contribution < 1.29 is 0 Å². The van der Waals surface area contributed by atoms with Crippen molar-refractivity contribution in [1.82, 2.24) is 0 Å². The fourth-order valence-corrected chi connectivity index (χ4v) is 24.3. The van der Waals surface area contributed by atoms with Crippen molar-refractivity contribution in [3.05, 3.63) is 465 Å². The van der Waals surface area contributed by atoms with Crippen molar-refractivity contribution in [1.29, 1.82) is 5.26 Å². The number of fused-ring (bicyclic) bond motifs is 8. The van der Waals surface area contributed by atoms with Crippen LogP contribution in [-0.2, 0) is 5.41 Å². The van der Waals surface area contributed by atoms with Crippen molar-refractivity contribution in [2.45, 2.75) is 58.7 Å².